The average Bonchev–Trinajstić information content (AvgIpc) is 2.58. The SMILES string of the molecule is CC(C)(C)c1ncc2n1CC(C(=O)O)CC2.Cl. The van der Waals surface area contributed by atoms with Gasteiger partial charge in [-0.05, 0) is 12.8 Å². The number of fused-ring (bicyclic) bond motifs is 1. The van der Waals surface area contributed by atoms with Crippen LogP contribution in [0.4, 0.5) is 0 Å². The average molecular weight is 259 g/mol. The first-order chi connectivity index (χ1) is 7.39. The van der Waals surface area contributed by atoms with Crippen LogP contribution in [-0.2, 0) is 23.2 Å². The van der Waals surface area contributed by atoms with Gasteiger partial charge in [0.15, 0.2) is 0 Å². The fourth-order valence-corrected chi connectivity index (χ4v) is 2.25. The summed E-state index contributed by atoms with van der Waals surface area (Å²) in [6.07, 6.45) is 3.43. The summed E-state index contributed by atoms with van der Waals surface area (Å²) in [5.74, 6) is 0.0375. The quantitative estimate of drug-likeness (QED) is 0.841. The number of rotatable bonds is 1. The standard InChI is InChI=1S/C12H18N2O2.ClH/c1-12(2,3)11-13-6-9-5-4-8(10(15)16)7-14(9)11;/h6,8H,4-5,7H2,1-3H3,(H,15,16);1H. The fraction of sp³-hybridized carbons (Fsp3) is 0.667. The van der Waals surface area contributed by atoms with Crippen molar-refractivity contribution in [3.8, 4) is 0 Å². The number of hydrogen-bond donors (Lipinski definition) is 1. The van der Waals surface area contributed by atoms with Gasteiger partial charge < -0.3 is 9.67 Å². The second kappa shape index (κ2) is 4.69. The summed E-state index contributed by atoms with van der Waals surface area (Å²) in [6.45, 7) is 6.88. The Morgan fingerprint density at radius 2 is 2.18 bits per heavy atom. The van der Waals surface area contributed by atoms with Gasteiger partial charge in [0.25, 0.3) is 0 Å². The van der Waals surface area contributed by atoms with Crippen LogP contribution in [0.2, 0.25) is 0 Å². The predicted molar refractivity (Wildman–Crippen MR) is 67.6 cm³/mol. The third kappa shape index (κ3) is 2.63. The number of aliphatic carboxylic acids is 1. The van der Waals surface area contributed by atoms with Crippen LogP contribution in [0.3, 0.4) is 0 Å². The van der Waals surface area contributed by atoms with E-state index >= 15 is 0 Å². The molecule has 2 heterocycles. The van der Waals surface area contributed by atoms with E-state index in [1.807, 2.05) is 6.20 Å². The number of carboxylic acid groups (broad SMARTS) is 1. The lowest BCUT2D eigenvalue weighted by Crippen LogP contribution is -2.30. The van der Waals surface area contributed by atoms with Gasteiger partial charge in [-0.15, -0.1) is 12.4 Å². The first kappa shape index (κ1) is 14.0. The summed E-state index contributed by atoms with van der Waals surface area (Å²) in [7, 11) is 0. The van der Waals surface area contributed by atoms with Crippen molar-refractivity contribution in [3.63, 3.8) is 0 Å². The van der Waals surface area contributed by atoms with Crippen LogP contribution in [0, 0.1) is 5.92 Å². The highest BCUT2D eigenvalue weighted by molar-refractivity contribution is 5.85. The monoisotopic (exact) mass is 258 g/mol. The van der Waals surface area contributed by atoms with E-state index in [2.05, 4.69) is 30.3 Å². The molecule has 1 unspecified atom stereocenters. The number of aryl methyl sites for hydroxylation is 1. The Bertz CT molecular complexity index is 421. The summed E-state index contributed by atoms with van der Waals surface area (Å²) in [5.41, 5.74) is 1.14. The number of imidazole rings is 1. The lowest BCUT2D eigenvalue weighted by atomic mass is 9.93. The van der Waals surface area contributed by atoms with E-state index in [0.29, 0.717) is 6.54 Å². The second-order valence-corrected chi connectivity index (χ2v) is 5.51. The molecule has 0 spiro atoms. The van der Waals surface area contributed by atoms with Gasteiger partial charge in [0.2, 0.25) is 0 Å². The highest BCUT2D eigenvalue weighted by Gasteiger charge is 2.29. The molecule has 0 saturated carbocycles. The zero-order valence-corrected chi connectivity index (χ0v) is 11.3. The molecule has 1 aliphatic heterocycles. The van der Waals surface area contributed by atoms with Gasteiger partial charge >= 0.3 is 5.97 Å². The first-order valence-electron chi connectivity index (χ1n) is 5.67. The molecule has 0 saturated heterocycles. The molecule has 0 radical (unpaired) electrons. The van der Waals surface area contributed by atoms with Crippen molar-refractivity contribution in [2.45, 2.75) is 45.6 Å². The summed E-state index contributed by atoms with van der Waals surface area (Å²) in [4.78, 5) is 15.4. The Kier molecular flexibility index (Phi) is 3.87. The van der Waals surface area contributed by atoms with Crippen molar-refractivity contribution in [1.82, 2.24) is 9.55 Å². The molecular weight excluding hydrogens is 240 g/mol. The first-order valence-corrected chi connectivity index (χ1v) is 5.67. The Hall–Kier alpha value is -1.03. The van der Waals surface area contributed by atoms with E-state index < -0.39 is 5.97 Å². The number of halogens is 1. The lowest BCUT2D eigenvalue weighted by Gasteiger charge is -2.26. The summed E-state index contributed by atoms with van der Waals surface area (Å²) in [5, 5.41) is 9.06. The van der Waals surface area contributed by atoms with Crippen LogP contribution in [-0.4, -0.2) is 20.6 Å². The largest absolute Gasteiger partial charge is 0.481 e. The normalized spacial score (nSPS) is 19.4. The van der Waals surface area contributed by atoms with E-state index in [9.17, 15) is 4.79 Å². The zero-order chi connectivity index (χ0) is 11.9. The summed E-state index contributed by atoms with van der Waals surface area (Å²) >= 11 is 0. The molecular formula is C12H19ClN2O2. The minimum atomic E-state index is -0.695. The van der Waals surface area contributed by atoms with Gasteiger partial charge in [0, 0.05) is 23.9 Å². The van der Waals surface area contributed by atoms with Gasteiger partial charge in [0.05, 0.1) is 5.92 Å². The molecule has 1 N–H and O–H groups in total. The van der Waals surface area contributed by atoms with Crippen molar-refractivity contribution in [3.05, 3.63) is 17.7 Å². The number of nitrogens with zero attached hydrogens (tertiary/aromatic N) is 2. The Balaban J connectivity index is 0.00000144. The molecule has 5 heteroatoms. The molecule has 1 aromatic heterocycles. The molecule has 0 aromatic carbocycles. The van der Waals surface area contributed by atoms with Crippen molar-refractivity contribution in [2.75, 3.05) is 0 Å². The van der Waals surface area contributed by atoms with E-state index in [1.165, 1.54) is 5.69 Å². The van der Waals surface area contributed by atoms with Gasteiger partial charge in [-0.3, -0.25) is 4.79 Å². The Morgan fingerprint density at radius 1 is 1.53 bits per heavy atom. The topological polar surface area (TPSA) is 55.1 Å². The minimum Gasteiger partial charge on any atom is -0.481 e. The maximum absolute atomic E-state index is 11.0. The van der Waals surface area contributed by atoms with Crippen LogP contribution in [0.15, 0.2) is 6.20 Å². The molecule has 0 bridgehead atoms. The summed E-state index contributed by atoms with van der Waals surface area (Å²) < 4.78 is 2.09. The van der Waals surface area contributed by atoms with Crippen LogP contribution in [0.1, 0.15) is 38.7 Å². The van der Waals surface area contributed by atoms with Crippen LogP contribution < -0.4 is 0 Å². The zero-order valence-electron chi connectivity index (χ0n) is 10.4. The number of carbonyl (C=O) groups is 1. The molecule has 96 valence electrons. The van der Waals surface area contributed by atoms with Crippen molar-refractivity contribution < 1.29 is 9.90 Å². The number of hydrogen-bond acceptors (Lipinski definition) is 2. The second-order valence-electron chi connectivity index (χ2n) is 5.51. The van der Waals surface area contributed by atoms with Crippen LogP contribution >= 0.6 is 12.4 Å². The highest BCUT2D eigenvalue weighted by atomic mass is 35.5. The molecule has 0 fully saturated rings. The molecule has 1 aliphatic rings. The predicted octanol–water partition coefficient (Wildman–Crippen LogP) is 2.25. The Labute approximate surface area is 107 Å². The van der Waals surface area contributed by atoms with E-state index in [4.69, 9.17) is 5.11 Å². The van der Waals surface area contributed by atoms with Crippen LogP contribution in [0.25, 0.3) is 0 Å². The highest BCUT2D eigenvalue weighted by Crippen LogP contribution is 2.28. The third-order valence-corrected chi connectivity index (χ3v) is 3.11. The lowest BCUT2D eigenvalue weighted by molar-refractivity contribution is -0.142. The fourth-order valence-electron chi connectivity index (χ4n) is 2.25. The van der Waals surface area contributed by atoms with E-state index in [1.54, 1.807) is 0 Å². The summed E-state index contributed by atoms with van der Waals surface area (Å²) in [6, 6.07) is 0. The molecule has 0 aliphatic carbocycles. The molecule has 4 nitrogen and oxygen atoms in total. The maximum atomic E-state index is 11.0. The Morgan fingerprint density at radius 3 is 2.71 bits per heavy atom. The van der Waals surface area contributed by atoms with Crippen molar-refractivity contribution in [2.24, 2.45) is 5.92 Å². The van der Waals surface area contributed by atoms with Gasteiger partial charge in [0.1, 0.15) is 5.82 Å². The van der Waals surface area contributed by atoms with Gasteiger partial charge in [-0.2, -0.15) is 0 Å². The molecule has 2 rings (SSSR count). The third-order valence-electron chi connectivity index (χ3n) is 3.11. The molecule has 0 amide bonds. The molecule has 17 heavy (non-hydrogen) atoms. The molecule has 1 atom stereocenters. The van der Waals surface area contributed by atoms with Crippen molar-refractivity contribution in [1.29, 1.82) is 0 Å². The molecule has 1 aromatic rings. The van der Waals surface area contributed by atoms with Gasteiger partial charge in [-0.25, -0.2) is 4.98 Å². The number of carboxylic acids is 1. The van der Waals surface area contributed by atoms with E-state index in [0.717, 1.165) is 18.7 Å². The van der Waals surface area contributed by atoms with Crippen molar-refractivity contribution >= 4 is 18.4 Å². The van der Waals surface area contributed by atoms with Crippen LogP contribution in [0.5, 0.6) is 0 Å². The van der Waals surface area contributed by atoms with Gasteiger partial charge in [-0.1, -0.05) is 20.8 Å². The smallest absolute Gasteiger partial charge is 0.308 e. The number of aromatic nitrogens is 2. The van der Waals surface area contributed by atoms with E-state index in [-0.39, 0.29) is 23.7 Å². The maximum Gasteiger partial charge on any atom is 0.308 e. The minimum absolute atomic E-state index is 0.